The van der Waals surface area contributed by atoms with E-state index in [0.717, 1.165) is 50.0 Å². The molecule has 2 heterocycles. The van der Waals surface area contributed by atoms with Crippen LogP contribution in [0, 0.1) is 0 Å². The minimum Gasteiger partial charge on any atom is -0.340 e. The molecule has 2 aromatic carbocycles. The van der Waals surface area contributed by atoms with Gasteiger partial charge in [-0.3, -0.25) is 9.69 Å². The molecule has 0 aliphatic carbocycles. The van der Waals surface area contributed by atoms with Gasteiger partial charge in [0.2, 0.25) is 5.91 Å². The number of piperazine rings is 1. The molecule has 0 radical (unpaired) electrons. The summed E-state index contributed by atoms with van der Waals surface area (Å²) in [7, 11) is 0. The number of hydrogen-bond donors (Lipinski definition) is 0. The second kappa shape index (κ2) is 10.5. The molecule has 1 saturated heterocycles. The molecule has 31 heavy (non-hydrogen) atoms. The van der Waals surface area contributed by atoms with Crippen LogP contribution in [0.15, 0.2) is 47.0 Å². The Morgan fingerprint density at radius 1 is 0.968 bits per heavy atom. The summed E-state index contributed by atoms with van der Waals surface area (Å²) in [6.07, 6.45) is 6.61. The Balaban J connectivity index is 1.25. The van der Waals surface area contributed by atoms with Gasteiger partial charge in [0.1, 0.15) is 0 Å². The molecule has 0 N–H and O–H groups in total. The fourth-order valence-corrected chi connectivity index (χ4v) is 4.15. The average molecular weight is 421 g/mol. The maximum absolute atomic E-state index is 12.4. The number of hydrogen-bond acceptors (Lipinski definition) is 5. The lowest BCUT2D eigenvalue weighted by molar-refractivity contribution is -0.133. The second-order valence-electron chi connectivity index (χ2n) is 8.40. The molecule has 1 amide bonds. The van der Waals surface area contributed by atoms with E-state index in [1.807, 2.05) is 23.1 Å². The molecule has 0 bridgehead atoms. The normalized spacial score (nSPS) is 14.9. The maximum Gasteiger partial charge on any atom is 0.257 e. The highest BCUT2D eigenvalue weighted by molar-refractivity contribution is 5.86. The first kappa shape index (κ1) is 21.5. The Morgan fingerprint density at radius 3 is 2.55 bits per heavy atom. The molecule has 3 aromatic rings. The molecule has 1 fully saturated rings. The third kappa shape index (κ3) is 5.70. The van der Waals surface area contributed by atoms with Crippen molar-refractivity contribution in [2.24, 2.45) is 0 Å². The number of nitrogens with zero attached hydrogens (tertiary/aromatic N) is 4. The minimum absolute atomic E-state index is 0.300. The summed E-state index contributed by atoms with van der Waals surface area (Å²) in [5.41, 5.74) is 0.937. The summed E-state index contributed by atoms with van der Waals surface area (Å²) in [6, 6.07) is 14.4. The van der Waals surface area contributed by atoms with Crippen LogP contribution in [-0.4, -0.2) is 52.0 Å². The zero-order valence-corrected chi connectivity index (χ0v) is 18.4. The van der Waals surface area contributed by atoms with Crippen LogP contribution >= 0.6 is 0 Å². The predicted octanol–water partition coefficient (Wildman–Crippen LogP) is 4.89. The average Bonchev–Trinajstić information content (AvgIpc) is 3.27. The first-order chi connectivity index (χ1) is 15.2. The lowest BCUT2D eigenvalue weighted by Gasteiger charge is -2.34. The van der Waals surface area contributed by atoms with Crippen LogP contribution in [-0.2, 0) is 11.3 Å². The number of carbonyl (C=O) groups excluding carboxylic acids is 1. The van der Waals surface area contributed by atoms with Crippen molar-refractivity contribution in [1.29, 1.82) is 0 Å². The number of unbranched alkanes of at least 4 members (excludes halogenated alkanes) is 4. The smallest absolute Gasteiger partial charge is 0.257 e. The van der Waals surface area contributed by atoms with Gasteiger partial charge in [-0.25, -0.2) is 0 Å². The highest BCUT2D eigenvalue weighted by atomic mass is 16.5. The van der Waals surface area contributed by atoms with Gasteiger partial charge in [0.25, 0.3) is 5.89 Å². The van der Waals surface area contributed by atoms with E-state index < -0.39 is 0 Å². The van der Waals surface area contributed by atoms with E-state index in [1.165, 1.54) is 24.6 Å². The van der Waals surface area contributed by atoms with Crippen molar-refractivity contribution < 1.29 is 9.32 Å². The summed E-state index contributed by atoms with van der Waals surface area (Å²) < 4.78 is 5.52. The molecule has 0 saturated carbocycles. The topological polar surface area (TPSA) is 62.5 Å². The van der Waals surface area contributed by atoms with Gasteiger partial charge in [0.15, 0.2) is 5.82 Å². The minimum atomic E-state index is 0.300. The Labute approximate surface area is 184 Å². The van der Waals surface area contributed by atoms with E-state index >= 15 is 0 Å². The van der Waals surface area contributed by atoms with Crippen LogP contribution in [0.4, 0.5) is 0 Å². The molecular formula is C25H32N4O2. The third-order valence-corrected chi connectivity index (χ3v) is 6.05. The Morgan fingerprint density at radius 2 is 1.74 bits per heavy atom. The predicted molar refractivity (Wildman–Crippen MR) is 122 cm³/mol. The zero-order valence-electron chi connectivity index (χ0n) is 18.4. The summed E-state index contributed by atoms with van der Waals surface area (Å²) >= 11 is 0. The summed E-state index contributed by atoms with van der Waals surface area (Å²) in [4.78, 5) is 21.3. The summed E-state index contributed by atoms with van der Waals surface area (Å²) in [5.74, 6) is 1.55. The van der Waals surface area contributed by atoms with E-state index in [0.29, 0.717) is 30.6 Å². The number of benzene rings is 2. The molecule has 0 spiro atoms. The van der Waals surface area contributed by atoms with Crippen LogP contribution in [0.5, 0.6) is 0 Å². The van der Waals surface area contributed by atoms with Crippen molar-refractivity contribution in [1.82, 2.24) is 19.9 Å². The van der Waals surface area contributed by atoms with Crippen molar-refractivity contribution >= 4 is 16.7 Å². The van der Waals surface area contributed by atoms with E-state index in [-0.39, 0.29) is 0 Å². The molecule has 6 nitrogen and oxygen atoms in total. The SMILES string of the molecule is CCCCCCCC(=O)N1CCN(Cc2noc(-c3ccc4ccccc4c3)n2)CC1. The Kier molecular flexibility index (Phi) is 7.30. The van der Waals surface area contributed by atoms with E-state index in [2.05, 4.69) is 46.2 Å². The molecule has 1 aromatic heterocycles. The van der Waals surface area contributed by atoms with E-state index in [1.54, 1.807) is 0 Å². The lowest BCUT2D eigenvalue weighted by Crippen LogP contribution is -2.48. The van der Waals surface area contributed by atoms with Gasteiger partial charge in [0.05, 0.1) is 6.54 Å². The molecule has 1 aliphatic heterocycles. The Hall–Kier alpha value is -2.73. The fourth-order valence-electron chi connectivity index (χ4n) is 4.15. The molecule has 0 unspecified atom stereocenters. The first-order valence-electron chi connectivity index (χ1n) is 11.5. The van der Waals surface area contributed by atoms with Crippen LogP contribution < -0.4 is 0 Å². The first-order valence-corrected chi connectivity index (χ1v) is 11.5. The molecular weight excluding hydrogens is 388 g/mol. The van der Waals surface area contributed by atoms with Gasteiger partial charge in [-0.15, -0.1) is 0 Å². The summed E-state index contributed by atoms with van der Waals surface area (Å²) in [5, 5.41) is 6.53. The van der Waals surface area contributed by atoms with Crippen molar-refractivity contribution in [2.45, 2.75) is 52.0 Å². The summed E-state index contributed by atoms with van der Waals surface area (Å²) in [6.45, 7) is 6.12. The molecule has 6 heteroatoms. The third-order valence-electron chi connectivity index (χ3n) is 6.05. The number of carbonyl (C=O) groups is 1. The molecule has 0 atom stereocenters. The quantitative estimate of drug-likeness (QED) is 0.461. The maximum atomic E-state index is 12.4. The van der Waals surface area contributed by atoms with Crippen LogP contribution in [0.2, 0.25) is 0 Å². The fraction of sp³-hybridized carbons (Fsp3) is 0.480. The van der Waals surface area contributed by atoms with Crippen LogP contribution in [0.25, 0.3) is 22.2 Å². The van der Waals surface area contributed by atoms with Crippen LogP contribution in [0.1, 0.15) is 51.3 Å². The van der Waals surface area contributed by atoms with Crippen LogP contribution in [0.3, 0.4) is 0 Å². The molecule has 1 aliphatic rings. The van der Waals surface area contributed by atoms with E-state index in [9.17, 15) is 4.79 Å². The number of rotatable bonds is 9. The highest BCUT2D eigenvalue weighted by Crippen LogP contribution is 2.23. The van der Waals surface area contributed by atoms with Crippen molar-refractivity contribution in [3.05, 3.63) is 48.3 Å². The van der Waals surface area contributed by atoms with Gasteiger partial charge >= 0.3 is 0 Å². The standard InChI is InChI=1S/C25H32N4O2/c1-2-3-4-5-6-11-24(30)29-16-14-28(15-17-29)19-23-26-25(31-27-23)22-13-12-20-9-7-8-10-21(20)18-22/h7-10,12-13,18H,2-6,11,14-17,19H2,1H3. The highest BCUT2D eigenvalue weighted by Gasteiger charge is 2.22. The van der Waals surface area contributed by atoms with Crippen molar-refractivity contribution in [3.63, 3.8) is 0 Å². The van der Waals surface area contributed by atoms with Gasteiger partial charge in [-0.05, 0) is 29.3 Å². The second-order valence-corrected chi connectivity index (χ2v) is 8.40. The van der Waals surface area contributed by atoms with Gasteiger partial charge in [-0.2, -0.15) is 4.98 Å². The molecule has 4 rings (SSSR count). The Bertz CT molecular complexity index is 992. The monoisotopic (exact) mass is 420 g/mol. The van der Waals surface area contributed by atoms with Gasteiger partial charge in [-0.1, -0.05) is 68.1 Å². The number of fused-ring (bicyclic) bond motifs is 1. The number of aromatic nitrogens is 2. The van der Waals surface area contributed by atoms with Gasteiger partial charge in [0, 0.05) is 38.2 Å². The van der Waals surface area contributed by atoms with E-state index in [4.69, 9.17) is 4.52 Å². The van der Waals surface area contributed by atoms with Crippen molar-refractivity contribution in [2.75, 3.05) is 26.2 Å². The van der Waals surface area contributed by atoms with Gasteiger partial charge < -0.3 is 9.42 Å². The van der Waals surface area contributed by atoms with Crippen molar-refractivity contribution in [3.8, 4) is 11.5 Å². The lowest BCUT2D eigenvalue weighted by atomic mass is 10.1. The molecule has 164 valence electrons. The largest absolute Gasteiger partial charge is 0.340 e. The number of amides is 1. The zero-order chi connectivity index (χ0) is 21.5.